The Labute approximate surface area is 122 Å². The molecule has 1 aromatic carbocycles. The van der Waals surface area contributed by atoms with Crippen molar-refractivity contribution in [3.05, 3.63) is 28.8 Å². The maximum Gasteiger partial charge on any atom is 0.416 e. The third kappa shape index (κ3) is 4.30. The van der Waals surface area contributed by atoms with Crippen molar-refractivity contribution in [3.8, 4) is 0 Å². The van der Waals surface area contributed by atoms with Crippen molar-refractivity contribution in [2.75, 3.05) is 11.9 Å². The lowest BCUT2D eigenvalue weighted by Gasteiger charge is -2.27. The Morgan fingerprint density at radius 2 is 2.00 bits per heavy atom. The molecular formula is C15H19ClF3N. The van der Waals surface area contributed by atoms with Crippen LogP contribution in [0.1, 0.15) is 38.2 Å². The van der Waals surface area contributed by atoms with Crippen LogP contribution in [0.4, 0.5) is 18.9 Å². The Morgan fingerprint density at radius 3 is 2.65 bits per heavy atom. The summed E-state index contributed by atoms with van der Waals surface area (Å²) in [7, 11) is 0. The molecule has 2 atom stereocenters. The first kappa shape index (κ1) is 15.5. The first-order valence-electron chi connectivity index (χ1n) is 6.96. The average Bonchev–Trinajstić information content (AvgIpc) is 2.35. The Kier molecular flexibility index (Phi) is 4.84. The highest BCUT2D eigenvalue weighted by molar-refractivity contribution is 6.30. The van der Waals surface area contributed by atoms with Crippen molar-refractivity contribution in [2.45, 2.75) is 38.8 Å². The highest BCUT2D eigenvalue weighted by Crippen LogP contribution is 2.34. The first-order valence-corrected chi connectivity index (χ1v) is 7.34. The van der Waals surface area contributed by atoms with E-state index in [1.165, 1.54) is 12.8 Å². The van der Waals surface area contributed by atoms with E-state index in [1.54, 1.807) is 6.07 Å². The van der Waals surface area contributed by atoms with E-state index in [0.29, 0.717) is 24.1 Å². The fraction of sp³-hybridized carbons (Fsp3) is 0.600. The molecular weight excluding hydrogens is 287 g/mol. The Morgan fingerprint density at radius 1 is 1.25 bits per heavy atom. The van der Waals surface area contributed by atoms with Gasteiger partial charge in [0.15, 0.2) is 0 Å². The van der Waals surface area contributed by atoms with Crippen LogP contribution in [0, 0.1) is 11.8 Å². The van der Waals surface area contributed by atoms with Gasteiger partial charge in [0.2, 0.25) is 0 Å². The molecule has 0 aliphatic heterocycles. The van der Waals surface area contributed by atoms with Crippen molar-refractivity contribution in [2.24, 2.45) is 11.8 Å². The Balaban J connectivity index is 2.00. The van der Waals surface area contributed by atoms with Gasteiger partial charge in [0, 0.05) is 17.3 Å². The molecule has 0 bridgehead atoms. The summed E-state index contributed by atoms with van der Waals surface area (Å²) in [6.07, 6.45) is 0.382. The van der Waals surface area contributed by atoms with Crippen LogP contribution >= 0.6 is 11.6 Å². The normalized spacial score (nSPS) is 23.6. The van der Waals surface area contributed by atoms with E-state index in [1.807, 2.05) is 0 Å². The SMILES string of the molecule is CC1CCCC(CNc2cc(Cl)cc(C(F)(F)F)c2)C1. The first-order chi connectivity index (χ1) is 9.34. The molecule has 2 unspecified atom stereocenters. The van der Waals surface area contributed by atoms with Gasteiger partial charge < -0.3 is 5.32 Å². The highest BCUT2D eigenvalue weighted by atomic mass is 35.5. The van der Waals surface area contributed by atoms with Gasteiger partial charge in [-0.05, 0) is 42.9 Å². The predicted octanol–water partition coefficient (Wildman–Crippen LogP) is 5.60. The van der Waals surface area contributed by atoms with Crippen LogP contribution in [-0.2, 0) is 6.18 Å². The standard InChI is InChI=1S/C15H19ClF3N/c1-10-3-2-4-11(5-10)9-20-14-7-12(15(17,18)19)6-13(16)8-14/h6-8,10-11,20H,2-5,9H2,1H3. The lowest BCUT2D eigenvalue weighted by Crippen LogP contribution is -2.21. The van der Waals surface area contributed by atoms with E-state index >= 15 is 0 Å². The summed E-state index contributed by atoms with van der Waals surface area (Å²) in [4.78, 5) is 0. The number of hydrogen-bond donors (Lipinski definition) is 1. The highest BCUT2D eigenvalue weighted by Gasteiger charge is 2.31. The molecule has 1 saturated carbocycles. The maximum atomic E-state index is 12.7. The zero-order chi connectivity index (χ0) is 14.8. The lowest BCUT2D eigenvalue weighted by molar-refractivity contribution is -0.137. The molecule has 1 N–H and O–H groups in total. The van der Waals surface area contributed by atoms with E-state index in [0.717, 1.165) is 25.0 Å². The van der Waals surface area contributed by atoms with Crippen LogP contribution < -0.4 is 5.32 Å². The smallest absolute Gasteiger partial charge is 0.385 e. The molecule has 1 aliphatic rings. The van der Waals surface area contributed by atoms with Crippen molar-refractivity contribution in [1.82, 2.24) is 0 Å². The fourth-order valence-corrected chi connectivity index (χ4v) is 3.10. The van der Waals surface area contributed by atoms with Crippen LogP contribution in [0.3, 0.4) is 0 Å². The van der Waals surface area contributed by atoms with Crippen LogP contribution in [0.15, 0.2) is 18.2 Å². The number of nitrogens with one attached hydrogen (secondary N) is 1. The second-order valence-electron chi connectivity index (χ2n) is 5.75. The number of anilines is 1. The number of benzene rings is 1. The molecule has 5 heteroatoms. The summed E-state index contributed by atoms with van der Waals surface area (Å²) in [5.74, 6) is 1.24. The quantitative estimate of drug-likeness (QED) is 0.766. The van der Waals surface area contributed by atoms with Crippen LogP contribution in [0.2, 0.25) is 5.02 Å². The molecule has 0 amide bonds. The van der Waals surface area contributed by atoms with Crippen LogP contribution in [0.5, 0.6) is 0 Å². The van der Waals surface area contributed by atoms with E-state index in [2.05, 4.69) is 12.2 Å². The largest absolute Gasteiger partial charge is 0.416 e. The zero-order valence-corrected chi connectivity index (χ0v) is 12.2. The molecule has 1 aromatic rings. The molecule has 0 saturated heterocycles. The summed E-state index contributed by atoms with van der Waals surface area (Å²) >= 11 is 5.76. The summed E-state index contributed by atoms with van der Waals surface area (Å²) in [5, 5.41) is 3.21. The monoisotopic (exact) mass is 305 g/mol. The van der Waals surface area contributed by atoms with E-state index in [4.69, 9.17) is 11.6 Å². The molecule has 0 radical (unpaired) electrons. The van der Waals surface area contributed by atoms with Gasteiger partial charge in [-0.15, -0.1) is 0 Å². The summed E-state index contributed by atoms with van der Waals surface area (Å²) in [6, 6.07) is 3.62. The summed E-state index contributed by atoms with van der Waals surface area (Å²) in [5.41, 5.74) is -0.257. The Bertz CT molecular complexity index is 459. The van der Waals surface area contributed by atoms with Crippen molar-refractivity contribution >= 4 is 17.3 Å². The minimum Gasteiger partial charge on any atom is -0.385 e. The van der Waals surface area contributed by atoms with Gasteiger partial charge in [-0.2, -0.15) is 13.2 Å². The topological polar surface area (TPSA) is 12.0 Å². The predicted molar refractivity (Wildman–Crippen MR) is 76.1 cm³/mol. The van der Waals surface area contributed by atoms with Crippen molar-refractivity contribution in [1.29, 1.82) is 0 Å². The van der Waals surface area contributed by atoms with E-state index < -0.39 is 11.7 Å². The van der Waals surface area contributed by atoms with Crippen LogP contribution in [-0.4, -0.2) is 6.54 Å². The maximum absolute atomic E-state index is 12.7. The molecule has 0 aromatic heterocycles. The molecule has 1 nitrogen and oxygen atoms in total. The minimum absolute atomic E-state index is 0.110. The van der Waals surface area contributed by atoms with Crippen molar-refractivity contribution in [3.63, 3.8) is 0 Å². The number of alkyl halides is 3. The number of hydrogen-bond acceptors (Lipinski definition) is 1. The molecule has 1 fully saturated rings. The second kappa shape index (κ2) is 6.25. The van der Waals surface area contributed by atoms with Crippen LogP contribution in [0.25, 0.3) is 0 Å². The average molecular weight is 306 g/mol. The van der Waals surface area contributed by atoms with E-state index in [9.17, 15) is 13.2 Å². The second-order valence-corrected chi connectivity index (χ2v) is 6.18. The van der Waals surface area contributed by atoms with Gasteiger partial charge in [0.05, 0.1) is 5.56 Å². The lowest BCUT2D eigenvalue weighted by atomic mass is 9.82. The van der Waals surface area contributed by atoms with E-state index in [-0.39, 0.29) is 5.02 Å². The number of rotatable bonds is 3. The van der Waals surface area contributed by atoms with Gasteiger partial charge in [0.1, 0.15) is 0 Å². The summed E-state index contributed by atoms with van der Waals surface area (Å²) in [6.45, 7) is 2.94. The molecule has 0 heterocycles. The zero-order valence-electron chi connectivity index (χ0n) is 11.4. The molecule has 112 valence electrons. The molecule has 0 spiro atoms. The third-order valence-corrected chi connectivity index (χ3v) is 4.08. The van der Waals surface area contributed by atoms with Gasteiger partial charge in [-0.1, -0.05) is 31.4 Å². The third-order valence-electron chi connectivity index (χ3n) is 3.86. The summed E-state index contributed by atoms with van der Waals surface area (Å²) < 4.78 is 38.1. The van der Waals surface area contributed by atoms with Crippen molar-refractivity contribution < 1.29 is 13.2 Å². The Hall–Kier alpha value is -0.900. The van der Waals surface area contributed by atoms with Gasteiger partial charge in [-0.3, -0.25) is 0 Å². The van der Waals surface area contributed by atoms with Gasteiger partial charge in [0.25, 0.3) is 0 Å². The molecule has 20 heavy (non-hydrogen) atoms. The van der Waals surface area contributed by atoms with Gasteiger partial charge >= 0.3 is 6.18 Å². The minimum atomic E-state index is -4.36. The number of halogens is 4. The fourth-order valence-electron chi connectivity index (χ4n) is 2.86. The van der Waals surface area contributed by atoms with Gasteiger partial charge in [-0.25, -0.2) is 0 Å². The molecule has 2 rings (SSSR count). The molecule has 1 aliphatic carbocycles.